The number of rotatable bonds is 1. The van der Waals surface area contributed by atoms with Crippen LogP contribution < -0.4 is 5.73 Å². The van der Waals surface area contributed by atoms with Crippen LogP contribution in [0.15, 0.2) is 12.3 Å². The molecule has 0 atom stereocenters. The molecule has 3 heteroatoms. The molecular formula is C9H15N3. The second kappa shape index (κ2) is 2.59. The molecule has 0 unspecified atom stereocenters. The highest BCUT2D eigenvalue weighted by Crippen LogP contribution is 2.35. The maximum atomic E-state index is 6.26. The molecule has 0 aromatic carbocycles. The molecule has 0 amide bonds. The average molecular weight is 165 g/mol. The first-order chi connectivity index (χ1) is 5.72. The van der Waals surface area contributed by atoms with E-state index in [0.29, 0.717) is 0 Å². The average Bonchev–Trinajstić information content (AvgIpc) is 2.59. The van der Waals surface area contributed by atoms with E-state index in [1.54, 1.807) is 0 Å². The normalized spacial score (nSPS) is 21.5. The van der Waals surface area contributed by atoms with Gasteiger partial charge in [0, 0.05) is 13.2 Å². The first kappa shape index (κ1) is 7.80. The van der Waals surface area contributed by atoms with Crippen LogP contribution >= 0.6 is 0 Å². The van der Waals surface area contributed by atoms with E-state index in [-0.39, 0.29) is 5.54 Å². The second-order valence-corrected chi connectivity index (χ2v) is 3.70. The van der Waals surface area contributed by atoms with Gasteiger partial charge in [0.1, 0.15) is 0 Å². The van der Waals surface area contributed by atoms with Crippen molar-refractivity contribution in [2.75, 3.05) is 0 Å². The number of aryl methyl sites for hydroxylation is 1. The van der Waals surface area contributed by atoms with Gasteiger partial charge >= 0.3 is 0 Å². The summed E-state index contributed by atoms with van der Waals surface area (Å²) in [5.74, 6) is 0. The van der Waals surface area contributed by atoms with E-state index in [4.69, 9.17) is 5.73 Å². The SMILES string of the molecule is Cn1nccc1C1(N)CCCC1. The van der Waals surface area contributed by atoms with E-state index >= 15 is 0 Å². The highest BCUT2D eigenvalue weighted by Gasteiger charge is 2.33. The van der Waals surface area contributed by atoms with E-state index in [9.17, 15) is 0 Å². The number of nitrogens with zero attached hydrogens (tertiary/aromatic N) is 2. The maximum Gasteiger partial charge on any atom is 0.0580 e. The summed E-state index contributed by atoms with van der Waals surface area (Å²) in [6.07, 6.45) is 6.53. The van der Waals surface area contributed by atoms with Crippen molar-refractivity contribution in [1.82, 2.24) is 9.78 Å². The smallest absolute Gasteiger partial charge is 0.0580 e. The lowest BCUT2D eigenvalue weighted by Crippen LogP contribution is -2.35. The minimum Gasteiger partial charge on any atom is -0.320 e. The van der Waals surface area contributed by atoms with Gasteiger partial charge in [-0.1, -0.05) is 12.8 Å². The van der Waals surface area contributed by atoms with Crippen molar-refractivity contribution in [2.45, 2.75) is 31.2 Å². The standard InChI is InChI=1S/C9H15N3/c1-12-8(4-7-11-12)9(10)5-2-3-6-9/h4,7H,2-3,5-6,10H2,1H3. The minimum atomic E-state index is -0.0920. The largest absolute Gasteiger partial charge is 0.320 e. The Morgan fingerprint density at radius 3 is 2.67 bits per heavy atom. The summed E-state index contributed by atoms with van der Waals surface area (Å²) in [6, 6.07) is 2.03. The van der Waals surface area contributed by atoms with Crippen molar-refractivity contribution >= 4 is 0 Å². The molecule has 0 radical (unpaired) electrons. The van der Waals surface area contributed by atoms with Crippen molar-refractivity contribution in [3.8, 4) is 0 Å². The van der Waals surface area contributed by atoms with Crippen LogP contribution in [0.3, 0.4) is 0 Å². The van der Waals surface area contributed by atoms with Crippen LogP contribution in [-0.4, -0.2) is 9.78 Å². The van der Waals surface area contributed by atoms with Gasteiger partial charge in [0.2, 0.25) is 0 Å². The van der Waals surface area contributed by atoms with Gasteiger partial charge in [0.25, 0.3) is 0 Å². The van der Waals surface area contributed by atoms with Crippen molar-refractivity contribution < 1.29 is 0 Å². The van der Waals surface area contributed by atoms with Gasteiger partial charge in [-0.05, 0) is 18.9 Å². The molecule has 1 fully saturated rings. The Hall–Kier alpha value is -0.830. The van der Waals surface area contributed by atoms with Crippen LogP contribution in [0.25, 0.3) is 0 Å². The van der Waals surface area contributed by atoms with Crippen LogP contribution in [0, 0.1) is 0 Å². The molecule has 2 N–H and O–H groups in total. The lowest BCUT2D eigenvalue weighted by Gasteiger charge is -2.23. The van der Waals surface area contributed by atoms with E-state index in [1.807, 2.05) is 24.0 Å². The van der Waals surface area contributed by atoms with Crippen molar-refractivity contribution in [2.24, 2.45) is 12.8 Å². The Morgan fingerprint density at radius 1 is 1.50 bits per heavy atom. The number of nitrogens with two attached hydrogens (primary N) is 1. The van der Waals surface area contributed by atoms with E-state index in [0.717, 1.165) is 12.8 Å². The van der Waals surface area contributed by atoms with Crippen molar-refractivity contribution in [3.63, 3.8) is 0 Å². The van der Waals surface area contributed by atoms with E-state index < -0.39 is 0 Å². The van der Waals surface area contributed by atoms with Crippen LogP contribution in [0.2, 0.25) is 0 Å². The predicted molar refractivity (Wildman–Crippen MR) is 47.5 cm³/mol. The molecule has 0 saturated heterocycles. The Labute approximate surface area is 72.6 Å². The van der Waals surface area contributed by atoms with Gasteiger partial charge in [0.05, 0.1) is 11.2 Å². The molecule has 1 aliphatic carbocycles. The van der Waals surface area contributed by atoms with Gasteiger partial charge < -0.3 is 5.73 Å². The monoisotopic (exact) mass is 165 g/mol. The molecule has 1 saturated carbocycles. The Kier molecular flexibility index (Phi) is 1.68. The minimum absolute atomic E-state index is 0.0920. The summed E-state index contributed by atoms with van der Waals surface area (Å²) in [7, 11) is 1.96. The molecule has 12 heavy (non-hydrogen) atoms. The molecule has 1 aliphatic rings. The fraction of sp³-hybridized carbons (Fsp3) is 0.667. The predicted octanol–water partition coefficient (Wildman–Crippen LogP) is 1.15. The lowest BCUT2D eigenvalue weighted by atomic mass is 9.95. The summed E-state index contributed by atoms with van der Waals surface area (Å²) in [4.78, 5) is 0. The van der Waals surface area contributed by atoms with Crippen LogP contribution in [-0.2, 0) is 12.6 Å². The highest BCUT2D eigenvalue weighted by atomic mass is 15.3. The Balaban J connectivity index is 2.34. The molecule has 66 valence electrons. The Bertz CT molecular complexity index is 271. The van der Waals surface area contributed by atoms with Gasteiger partial charge in [0.15, 0.2) is 0 Å². The van der Waals surface area contributed by atoms with Gasteiger partial charge in [-0.25, -0.2) is 0 Å². The molecule has 0 spiro atoms. The number of aromatic nitrogens is 2. The highest BCUT2D eigenvalue weighted by molar-refractivity contribution is 5.15. The molecule has 1 aromatic rings. The van der Waals surface area contributed by atoms with Crippen molar-refractivity contribution in [3.05, 3.63) is 18.0 Å². The van der Waals surface area contributed by atoms with Gasteiger partial charge in [-0.3, -0.25) is 4.68 Å². The summed E-state index contributed by atoms with van der Waals surface area (Å²) in [5.41, 5.74) is 7.35. The zero-order valence-electron chi connectivity index (χ0n) is 7.45. The lowest BCUT2D eigenvalue weighted by molar-refractivity contribution is 0.423. The van der Waals surface area contributed by atoms with Crippen LogP contribution in [0.4, 0.5) is 0 Å². The first-order valence-corrected chi connectivity index (χ1v) is 4.50. The molecule has 2 rings (SSSR count). The Morgan fingerprint density at radius 2 is 2.17 bits per heavy atom. The summed E-state index contributed by atoms with van der Waals surface area (Å²) < 4.78 is 1.89. The van der Waals surface area contributed by atoms with Gasteiger partial charge in [-0.15, -0.1) is 0 Å². The number of hydrogen-bond donors (Lipinski definition) is 1. The van der Waals surface area contributed by atoms with Crippen molar-refractivity contribution in [1.29, 1.82) is 0 Å². The second-order valence-electron chi connectivity index (χ2n) is 3.70. The summed E-state index contributed by atoms with van der Waals surface area (Å²) in [6.45, 7) is 0. The molecule has 1 aromatic heterocycles. The third-order valence-electron chi connectivity index (χ3n) is 2.83. The summed E-state index contributed by atoms with van der Waals surface area (Å²) in [5, 5.41) is 4.14. The molecule has 3 nitrogen and oxygen atoms in total. The molecular weight excluding hydrogens is 150 g/mol. The van der Waals surface area contributed by atoms with Crippen LogP contribution in [0.5, 0.6) is 0 Å². The fourth-order valence-corrected chi connectivity index (χ4v) is 2.12. The summed E-state index contributed by atoms with van der Waals surface area (Å²) >= 11 is 0. The van der Waals surface area contributed by atoms with Gasteiger partial charge in [-0.2, -0.15) is 5.10 Å². The van der Waals surface area contributed by atoms with E-state index in [2.05, 4.69) is 5.10 Å². The molecule has 0 aliphatic heterocycles. The fourth-order valence-electron chi connectivity index (χ4n) is 2.12. The zero-order chi connectivity index (χ0) is 8.60. The zero-order valence-corrected chi connectivity index (χ0v) is 7.45. The number of hydrogen-bond acceptors (Lipinski definition) is 2. The molecule has 0 bridgehead atoms. The van der Waals surface area contributed by atoms with Crippen LogP contribution in [0.1, 0.15) is 31.4 Å². The topological polar surface area (TPSA) is 43.8 Å². The van der Waals surface area contributed by atoms with E-state index in [1.165, 1.54) is 18.5 Å². The first-order valence-electron chi connectivity index (χ1n) is 4.50. The quantitative estimate of drug-likeness (QED) is 0.678. The molecule has 1 heterocycles. The third-order valence-corrected chi connectivity index (χ3v) is 2.83. The third kappa shape index (κ3) is 1.05. The maximum absolute atomic E-state index is 6.26.